The predicted octanol–water partition coefficient (Wildman–Crippen LogP) is 4.81. The second-order valence-corrected chi connectivity index (χ2v) is 7.66. The molecule has 3 nitrogen and oxygen atoms in total. The molecule has 6 heteroatoms. The summed E-state index contributed by atoms with van der Waals surface area (Å²) in [6, 6.07) is 11.8. The zero-order valence-corrected chi connectivity index (χ0v) is 14.9. The topological polar surface area (TPSA) is 42.0 Å². The number of nitrogens with zero attached hydrogens (tertiary/aromatic N) is 1. The molecule has 2 heterocycles. The van der Waals surface area contributed by atoms with Gasteiger partial charge in [0.2, 0.25) is 0 Å². The lowest BCUT2D eigenvalue weighted by atomic mass is 10.1. The fraction of sp³-hybridized carbons (Fsp3) is 0.176. The third-order valence-electron chi connectivity index (χ3n) is 3.30. The second-order valence-electron chi connectivity index (χ2n) is 5.08. The number of amides is 1. The maximum atomic E-state index is 12.2. The summed E-state index contributed by atoms with van der Waals surface area (Å²) in [4.78, 5) is 18.9. The number of halogens is 1. The number of aryl methyl sites for hydroxylation is 1. The number of hydrogen-bond acceptors (Lipinski definition) is 4. The number of carbonyl (C=O) groups is 1. The Morgan fingerprint density at radius 1 is 1.22 bits per heavy atom. The van der Waals surface area contributed by atoms with Crippen molar-refractivity contribution in [2.75, 3.05) is 6.54 Å². The highest BCUT2D eigenvalue weighted by molar-refractivity contribution is 7.21. The zero-order chi connectivity index (χ0) is 16.2. The minimum atomic E-state index is -0.130. The Balaban J connectivity index is 1.56. The van der Waals surface area contributed by atoms with Gasteiger partial charge in [-0.1, -0.05) is 23.7 Å². The number of rotatable bonds is 5. The Hall–Kier alpha value is -1.69. The van der Waals surface area contributed by atoms with Crippen LogP contribution < -0.4 is 5.32 Å². The molecule has 1 aromatic carbocycles. The van der Waals surface area contributed by atoms with Crippen molar-refractivity contribution in [3.8, 4) is 9.88 Å². The average Bonchev–Trinajstić information content (AvgIpc) is 3.18. The van der Waals surface area contributed by atoms with Crippen LogP contribution in [0.2, 0.25) is 5.02 Å². The molecule has 23 heavy (non-hydrogen) atoms. The summed E-state index contributed by atoms with van der Waals surface area (Å²) in [6.45, 7) is 2.64. The first-order valence-electron chi connectivity index (χ1n) is 7.17. The maximum absolute atomic E-state index is 12.2. The zero-order valence-electron chi connectivity index (χ0n) is 12.5. The first-order valence-corrected chi connectivity index (χ1v) is 9.24. The van der Waals surface area contributed by atoms with Gasteiger partial charge < -0.3 is 5.32 Å². The molecular weight excluding hydrogens is 348 g/mol. The normalized spacial score (nSPS) is 10.7. The first-order chi connectivity index (χ1) is 11.1. The van der Waals surface area contributed by atoms with Crippen molar-refractivity contribution in [1.29, 1.82) is 0 Å². The molecule has 0 aliphatic rings. The molecule has 0 fully saturated rings. The minimum Gasteiger partial charge on any atom is -0.350 e. The average molecular weight is 363 g/mol. The van der Waals surface area contributed by atoms with E-state index in [4.69, 9.17) is 11.6 Å². The number of thiazole rings is 1. The van der Waals surface area contributed by atoms with Gasteiger partial charge >= 0.3 is 0 Å². The first kappa shape index (κ1) is 16.2. The number of aromatic nitrogens is 1. The van der Waals surface area contributed by atoms with E-state index in [1.807, 2.05) is 35.7 Å². The molecule has 0 aliphatic heterocycles. The molecule has 0 atom stereocenters. The molecule has 0 saturated heterocycles. The number of carbonyl (C=O) groups excluding carboxylic acids is 1. The molecule has 3 rings (SSSR count). The lowest BCUT2D eigenvalue weighted by molar-refractivity contribution is 0.0950. The van der Waals surface area contributed by atoms with Crippen LogP contribution in [0.25, 0.3) is 9.88 Å². The van der Waals surface area contributed by atoms with E-state index >= 15 is 0 Å². The van der Waals surface area contributed by atoms with Gasteiger partial charge in [-0.2, -0.15) is 0 Å². The highest BCUT2D eigenvalue weighted by Gasteiger charge is 2.12. The summed E-state index contributed by atoms with van der Waals surface area (Å²) < 4.78 is 0. The SMILES string of the molecule is Cc1ccc(-c2nc(C(=O)NCCc3ccc(Cl)cc3)cs2)s1. The van der Waals surface area contributed by atoms with Crippen molar-refractivity contribution in [3.63, 3.8) is 0 Å². The lowest BCUT2D eigenvalue weighted by Crippen LogP contribution is -2.25. The summed E-state index contributed by atoms with van der Waals surface area (Å²) in [5.41, 5.74) is 1.62. The molecule has 2 aromatic heterocycles. The molecule has 0 unspecified atom stereocenters. The van der Waals surface area contributed by atoms with Crippen molar-refractivity contribution < 1.29 is 4.79 Å². The van der Waals surface area contributed by atoms with E-state index in [-0.39, 0.29) is 5.91 Å². The van der Waals surface area contributed by atoms with Crippen LogP contribution >= 0.6 is 34.3 Å². The van der Waals surface area contributed by atoms with Gasteiger partial charge in [-0.25, -0.2) is 4.98 Å². The summed E-state index contributed by atoms with van der Waals surface area (Å²) in [5, 5.41) is 6.33. The highest BCUT2D eigenvalue weighted by Crippen LogP contribution is 2.30. The van der Waals surface area contributed by atoms with Crippen LogP contribution in [0.1, 0.15) is 20.9 Å². The van der Waals surface area contributed by atoms with Crippen molar-refractivity contribution in [3.05, 3.63) is 62.9 Å². The van der Waals surface area contributed by atoms with E-state index in [2.05, 4.69) is 23.3 Å². The monoisotopic (exact) mass is 362 g/mol. The standard InChI is InChI=1S/C17H15ClN2OS2/c1-11-2-7-15(23-11)17-20-14(10-22-17)16(21)19-9-8-12-3-5-13(18)6-4-12/h2-7,10H,8-9H2,1H3,(H,19,21). The Kier molecular flexibility index (Phi) is 5.10. The molecule has 0 saturated carbocycles. The van der Waals surface area contributed by atoms with Gasteiger partial charge in [-0.15, -0.1) is 22.7 Å². The molecule has 0 aliphatic carbocycles. The largest absolute Gasteiger partial charge is 0.350 e. The van der Waals surface area contributed by atoms with Crippen LogP contribution in [0.15, 0.2) is 41.8 Å². The summed E-state index contributed by atoms with van der Waals surface area (Å²) in [5.74, 6) is -0.130. The highest BCUT2D eigenvalue weighted by atomic mass is 35.5. The molecule has 0 radical (unpaired) electrons. The van der Waals surface area contributed by atoms with Gasteiger partial charge in [0.25, 0.3) is 5.91 Å². The molecular formula is C17H15ClN2OS2. The number of nitrogens with one attached hydrogen (secondary N) is 1. The molecule has 0 spiro atoms. The van der Waals surface area contributed by atoms with E-state index in [1.54, 1.807) is 11.3 Å². The van der Waals surface area contributed by atoms with E-state index in [1.165, 1.54) is 16.2 Å². The molecule has 118 valence electrons. The molecule has 0 bridgehead atoms. The van der Waals surface area contributed by atoms with Crippen LogP contribution in [0, 0.1) is 6.92 Å². The van der Waals surface area contributed by atoms with E-state index in [0.717, 1.165) is 26.9 Å². The summed E-state index contributed by atoms with van der Waals surface area (Å²) in [7, 11) is 0. The fourth-order valence-electron chi connectivity index (χ4n) is 2.10. The Morgan fingerprint density at radius 2 is 2.00 bits per heavy atom. The number of hydrogen-bond donors (Lipinski definition) is 1. The third-order valence-corrected chi connectivity index (χ3v) is 5.56. The van der Waals surface area contributed by atoms with Crippen molar-refractivity contribution in [1.82, 2.24) is 10.3 Å². The fourth-order valence-corrected chi connectivity index (χ4v) is 3.97. The van der Waals surface area contributed by atoms with Gasteiger partial charge in [0.05, 0.1) is 4.88 Å². The summed E-state index contributed by atoms with van der Waals surface area (Å²) >= 11 is 9.04. The maximum Gasteiger partial charge on any atom is 0.270 e. The van der Waals surface area contributed by atoms with E-state index in [0.29, 0.717) is 12.2 Å². The predicted molar refractivity (Wildman–Crippen MR) is 97.7 cm³/mol. The Labute approximate surface area is 148 Å². The van der Waals surface area contributed by atoms with Crippen molar-refractivity contribution in [2.24, 2.45) is 0 Å². The van der Waals surface area contributed by atoms with Crippen LogP contribution in [0.5, 0.6) is 0 Å². The molecule has 3 aromatic rings. The minimum absolute atomic E-state index is 0.130. The number of thiophene rings is 1. The van der Waals surface area contributed by atoms with Crippen LogP contribution in [-0.2, 0) is 6.42 Å². The van der Waals surface area contributed by atoms with E-state index < -0.39 is 0 Å². The van der Waals surface area contributed by atoms with Gasteiger partial charge in [0, 0.05) is 21.8 Å². The lowest BCUT2D eigenvalue weighted by Gasteiger charge is -2.03. The Morgan fingerprint density at radius 3 is 2.70 bits per heavy atom. The van der Waals surface area contributed by atoms with E-state index in [9.17, 15) is 4.79 Å². The van der Waals surface area contributed by atoms with Crippen LogP contribution in [0.3, 0.4) is 0 Å². The second kappa shape index (κ2) is 7.25. The smallest absolute Gasteiger partial charge is 0.270 e. The van der Waals surface area contributed by atoms with Gasteiger partial charge in [-0.05, 0) is 43.2 Å². The summed E-state index contributed by atoms with van der Waals surface area (Å²) in [6.07, 6.45) is 0.768. The van der Waals surface area contributed by atoms with Crippen molar-refractivity contribution >= 4 is 40.2 Å². The van der Waals surface area contributed by atoms with Gasteiger partial charge in [-0.3, -0.25) is 4.79 Å². The van der Waals surface area contributed by atoms with Gasteiger partial charge in [0.1, 0.15) is 10.7 Å². The Bertz CT molecular complexity index is 808. The molecule has 1 amide bonds. The van der Waals surface area contributed by atoms with Crippen LogP contribution in [-0.4, -0.2) is 17.4 Å². The third kappa shape index (κ3) is 4.19. The quantitative estimate of drug-likeness (QED) is 0.707. The number of benzene rings is 1. The van der Waals surface area contributed by atoms with Gasteiger partial charge in [0.15, 0.2) is 0 Å². The van der Waals surface area contributed by atoms with Crippen molar-refractivity contribution in [2.45, 2.75) is 13.3 Å². The molecule has 1 N–H and O–H groups in total. The van der Waals surface area contributed by atoms with Crippen LogP contribution in [0.4, 0.5) is 0 Å².